The Morgan fingerprint density at radius 3 is 3.06 bits per heavy atom. The van der Waals surface area contributed by atoms with Gasteiger partial charge in [0.2, 0.25) is 5.91 Å². The standard InChI is InChI=1S/C12H16N2O2/c1-9(15)13-6-8-14-7-5-10-11(14)3-2-4-12(10)16/h5,7H,2-4,6,8H2,1H3,(H,13,15). The van der Waals surface area contributed by atoms with E-state index in [1.807, 2.05) is 12.3 Å². The maximum Gasteiger partial charge on any atom is 0.216 e. The van der Waals surface area contributed by atoms with Gasteiger partial charge in [-0.3, -0.25) is 9.59 Å². The molecule has 0 spiro atoms. The van der Waals surface area contributed by atoms with E-state index in [0.717, 1.165) is 30.6 Å². The van der Waals surface area contributed by atoms with Crippen molar-refractivity contribution in [3.8, 4) is 0 Å². The topological polar surface area (TPSA) is 51.1 Å². The van der Waals surface area contributed by atoms with Crippen molar-refractivity contribution in [2.75, 3.05) is 6.54 Å². The number of ketones is 1. The maximum absolute atomic E-state index is 11.6. The van der Waals surface area contributed by atoms with Crippen molar-refractivity contribution in [2.24, 2.45) is 0 Å². The van der Waals surface area contributed by atoms with Crippen LogP contribution in [0.3, 0.4) is 0 Å². The Balaban J connectivity index is 2.05. The molecule has 0 aromatic carbocycles. The van der Waals surface area contributed by atoms with E-state index in [1.165, 1.54) is 6.92 Å². The summed E-state index contributed by atoms with van der Waals surface area (Å²) in [5.41, 5.74) is 2.00. The van der Waals surface area contributed by atoms with E-state index in [4.69, 9.17) is 0 Å². The fourth-order valence-electron chi connectivity index (χ4n) is 2.15. The van der Waals surface area contributed by atoms with Gasteiger partial charge in [-0.1, -0.05) is 0 Å². The Morgan fingerprint density at radius 1 is 1.50 bits per heavy atom. The molecule has 0 radical (unpaired) electrons. The summed E-state index contributed by atoms with van der Waals surface area (Å²) in [5.74, 6) is 0.233. The summed E-state index contributed by atoms with van der Waals surface area (Å²) in [5, 5.41) is 2.76. The number of rotatable bonds is 3. The quantitative estimate of drug-likeness (QED) is 0.830. The van der Waals surface area contributed by atoms with Crippen LogP contribution in [0, 0.1) is 0 Å². The van der Waals surface area contributed by atoms with E-state index in [0.29, 0.717) is 13.0 Å². The van der Waals surface area contributed by atoms with Crippen LogP contribution in [-0.4, -0.2) is 22.8 Å². The van der Waals surface area contributed by atoms with Gasteiger partial charge in [0.15, 0.2) is 5.78 Å². The number of nitrogens with zero attached hydrogens (tertiary/aromatic N) is 1. The van der Waals surface area contributed by atoms with Crippen LogP contribution in [-0.2, 0) is 17.8 Å². The molecule has 16 heavy (non-hydrogen) atoms. The molecule has 0 saturated carbocycles. The highest BCUT2D eigenvalue weighted by atomic mass is 16.1. The lowest BCUT2D eigenvalue weighted by Crippen LogP contribution is -2.25. The minimum absolute atomic E-state index is 0.0166. The molecule has 0 saturated heterocycles. The van der Waals surface area contributed by atoms with Gasteiger partial charge in [0.25, 0.3) is 0 Å². The highest BCUT2D eigenvalue weighted by Crippen LogP contribution is 2.21. The highest BCUT2D eigenvalue weighted by molar-refractivity contribution is 5.98. The molecular weight excluding hydrogens is 204 g/mol. The Morgan fingerprint density at radius 2 is 2.31 bits per heavy atom. The number of hydrogen-bond donors (Lipinski definition) is 1. The van der Waals surface area contributed by atoms with E-state index >= 15 is 0 Å². The highest BCUT2D eigenvalue weighted by Gasteiger charge is 2.19. The maximum atomic E-state index is 11.6. The van der Waals surface area contributed by atoms with Crippen LogP contribution in [0.25, 0.3) is 0 Å². The summed E-state index contributed by atoms with van der Waals surface area (Å²) in [6.07, 6.45) is 4.52. The van der Waals surface area contributed by atoms with Gasteiger partial charge in [-0.25, -0.2) is 0 Å². The van der Waals surface area contributed by atoms with Gasteiger partial charge in [-0.15, -0.1) is 0 Å². The number of hydrogen-bond acceptors (Lipinski definition) is 2. The molecule has 1 N–H and O–H groups in total. The summed E-state index contributed by atoms with van der Waals surface area (Å²) >= 11 is 0. The molecular formula is C12H16N2O2. The smallest absolute Gasteiger partial charge is 0.216 e. The zero-order chi connectivity index (χ0) is 11.5. The first-order chi connectivity index (χ1) is 7.68. The minimum atomic E-state index is -0.0166. The first-order valence-electron chi connectivity index (χ1n) is 5.64. The van der Waals surface area contributed by atoms with E-state index in [1.54, 1.807) is 0 Å². The zero-order valence-electron chi connectivity index (χ0n) is 9.45. The molecule has 2 rings (SSSR count). The molecule has 0 fully saturated rings. The zero-order valence-corrected chi connectivity index (χ0v) is 9.45. The Kier molecular flexibility index (Phi) is 3.08. The number of carbonyl (C=O) groups excluding carboxylic acids is 2. The molecule has 0 bridgehead atoms. The van der Waals surface area contributed by atoms with Gasteiger partial charge in [-0.05, 0) is 18.9 Å². The van der Waals surface area contributed by atoms with E-state index in [2.05, 4.69) is 9.88 Å². The fraction of sp³-hybridized carbons (Fsp3) is 0.500. The van der Waals surface area contributed by atoms with Crippen LogP contribution in [0.2, 0.25) is 0 Å². The van der Waals surface area contributed by atoms with E-state index in [-0.39, 0.29) is 11.7 Å². The molecule has 0 unspecified atom stereocenters. The lowest BCUT2D eigenvalue weighted by molar-refractivity contribution is -0.118. The van der Waals surface area contributed by atoms with Crippen LogP contribution < -0.4 is 5.32 Å². The monoisotopic (exact) mass is 220 g/mol. The molecule has 4 nitrogen and oxygen atoms in total. The lowest BCUT2D eigenvalue weighted by atomic mass is 9.97. The number of amides is 1. The van der Waals surface area contributed by atoms with Crippen molar-refractivity contribution >= 4 is 11.7 Å². The molecule has 1 aliphatic rings. The van der Waals surface area contributed by atoms with Crippen LogP contribution >= 0.6 is 0 Å². The molecule has 1 heterocycles. The second-order valence-corrected chi connectivity index (χ2v) is 4.13. The number of fused-ring (bicyclic) bond motifs is 1. The Labute approximate surface area is 94.6 Å². The minimum Gasteiger partial charge on any atom is -0.355 e. The van der Waals surface area contributed by atoms with Gasteiger partial charge in [-0.2, -0.15) is 0 Å². The Bertz CT molecular complexity index is 421. The molecule has 0 aliphatic heterocycles. The number of Topliss-reactive ketones (excluding diaryl/α,β-unsaturated/α-hetero) is 1. The van der Waals surface area contributed by atoms with Gasteiger partial charge in [0, 0.05) is 43.9 Å². The molecule has 1 aromatic heterocycles. The van der Waals surface area contributed by atoms with Crippen LogP contribution in [0.5, 0.6) is 0 Å². The summed E-state index contributed by atoms with van der Waals surface area (Å²) in [4.78, 5) is 22.3. The lowest BCUT2D eigenvalue weighted by Gasteiger charge is -2.14. The number of nitrogens with one attached hydrogen (secondary N) is 1. The van der Waals surface area contributed by atoms with Crippen molar-refractivity contribution in [1.82, 2.24) is 9.88 Å². The molecule has 1 aromatic rings. The fourth-order valence-corrected chi connectivity index (χ4v) is 2.15. The molecule has 4 heteroatoms. The van der Waals surface area contributed by atoms with Gasteiger partial charge < -0.3 is 9.88 Å². The van der Waals surface area contributed by atoms with Crippen LogP contribution in [0.4, 0.5) is 0 Å². The van der Waals surface area contributed by atoms with Crippen molar-refractivity contribution in [3.05, 3.63) is 23.5 Å². The average Bonchev–Trinajstić information content (AvgIpc) is 2.63. The van der Waals surface area contributed by atoms with Crippen molar-refractivity contribution in [3.63, 3.8) is 0 Å². The summed E-state index contributed by atoms with van der Waals surface area (Å²) in [6, 6.07) is 1.89. The van der Waals surface area contributed by atoms with Crippen LogP contribution in [0.1, 0.15) is 35.8 Å². The predicted octanol–water partition coefficient (Wildman–Crippen LogP) is 1.14. The number of carbonyl (C=O) groups is 2. The average molecular weight is 220 g/mol. The van der Waals surface area contributed by atoms with Crippen molar-refractivity contribution < 1.29 is 9.59 Å². The summed E-state index contributed by atoms with van der Waals surface area (Å²) in [6.45, 7) is 2.86. The normalized spacial score (nSPS) is 14.7. The van der Waals surface area contributed by atoms with Crippen LogP contribution in [0.15, 0.2) is 12.3 Å². The van der Waals surface area contributed by atoms with Gasteiger partial charge in [0.05, 0.1) is 0 Å². The molecule has 0 atom stereocenters. The van der Waals surface area contributed by atoms with E-state index in [9.17, 15) is 9.59 Å². The Hall–Kier alpha value is -1.58. The second-order valence-electron chi connectivity index (χ2n) is 4.13. The van der Waals surface area contributed by atoms with Gasteiger partial charge >= 0.3 is 0 Å². The molecule has 1 amide bonds. The molecule has 86 valence electrons. The first-order valence-corrected chi connectivity index (χ1v) is 5.64. The van der Waals surface area contributed by atoms with Crippen molar-refractivity contribution in [1.29, 1.82) is 0 Å². The second kappa shape index (κ2) is 4.51. The summed E-state index contributed by atoms with van der Waals surface area (Å²) in [7, 11) is 0. The first kappa shape index (κ1) is 10.9. The predicted molar refractivity (Wildman–Crippen MR) is 60.4 cm³/mol. The third kappa shape index (κ3) is 2.15. The third-order valence-corrected chi connectivity index (χ3v) is 2.92. The summed E-state index contributed by atoms with van der Waals surface area (Å²) < 4.78 is 2.07. The van der Waals surface area contributed by atoms with E-state index < -0.39 is 0 Å². The molecule has 1 aliphatic carbocycles. The van der Waals surface area contributed by atoms with Crippen molar-refractivity contribution in [2.45, 2.75) is 32.7 Å². The SMILES string of the molecule is CC(=O)NCCn1ccc2c1CCCC2=O. The third-order valence-electron chi connectivity index (χ3n) is 2.92. The number of aromatic nitrogens is 1. The largest absolute Gasteiger partial charge is 0.355 e. The van der Waals surface area contributed by atoms with Gasteiger partial charge in [0.1, 0.15) is 0 Å².